The first-order chi connectivity index (χ1) is 9.27. The Bertz CT molecular complexity index is 439. The Balaban J connectivity index is 1.69. The molecule has 0 aliphatic carbocycles. The van der Waals surface area contributed by atoms with Gasteiger partial charge in [-0.2, -0.15) is 0 Å². The molecule has 0 radical (unpaired) electrons. The predicted molar refractivity (Wildman–Crippen MR) is 72.6 cm³/mol. The maximum Gasteiger partial charge on any atom is 0.223 e. The van der Waals surface area contributed by atoms with Crippen molar-refractivity contribution in [3.05, 3.63) is 35.9 Å². The maximum absolute atomic E-state index is 12.2. The number of carbonyl (C=O) groups excluding carboxylic acids is 1. The Hall–Kier alpha value is -1.39. The largest absolute Gasteiger partial charge is 0.379 e. The summed E-state index contributed by atoms with van der Waals surface area (Å²) in [5.41, 5.74) is 1.16. The van der Waals surface area contributed by atoms with Gasteiger partial charge in [0.2, 0.25) is 5.91 Å². The summed E-state index contributed by atoms with van der Waals surface area (Å²) in [6, 6.07) is 10.2. The molecule has 0 aromatic heterocycles. The SMILES string of the molecule is O=C1CC2(CNCCOC2)CN1Cc1ccccc1. The average Bonchev–Trinajstić information content (AvgIpc) is 2.60. The third-order valence-electron chi connectivity index (χ3n) is 3.95. The van der Waals surface area contributed by atoms with E-state index in [1.54, 1.807) is 0 Å². The molecule has 1 aromatic rings. The molecule has 102 valence electrons. The number of ether oxygens (including phenoxy) is 1. The second-order valence-corrected chi connectivity index (χ2v) is 5.64. The Labute approximate surface area is 113 Å². The number of likely N-dealkylation sites (tertiary alicyclic amines) is 1. The van der Waals surface area contributed by atoms with Crippen molar-refractivity contribution in [2.24, 2.45) is 5.41 Å². The van der Waals surface area contributed by atoms with Gasteiger partial charge in [0.15, 0.2) is 0 Å². The van der Waals surface area contributed by atoms with Crippen LogP contribution in [-0.4, -0.2) is 43.7 Å². The van der Waals surface area contributed by atoms with Crippen LogP contribution in [0.1, 0.15) is 12.0 Å². The van der Waals surface area contributed by atoms with Crippen molar-refractivity contribution in [3.8, 4) is 0 Å². The normalized spacial score (nSPS) is 27.8. The highest BCUT2D eigenvalue weighted by Gasteiger charge is 2.43. The number of hydrogen-bond donors (Lipinski definition) is 1. The Morgan fingerprint density at radius 2 is 2.16 bits per heavy atom. The second-order valence-electron chi connectivity index (χ2n) is 5.64. The van der Waals surface area contributed by atoms with E-state index in [0.29, 0.717) is 19.6 Å². The highest BCUT2D eigenvalue weighted by Crippen LogP contribution is 2.33. The fourth-order valence-electron chi connectivity index (χ4n) is 2.98. The van der Waals surface area contributed by atoms with Crippen LogP contribution in [0.3, 0.4) is 0 Å². The lowest BCUT2D eigenvalue weighted by atomic mass is 9.88. The van der Waals surface area contributed by atoms with Crippen molar-refractivity contribution < 1.29 is 9.53 Å². The molecule has 1 amide bonds. The molecular formula is C15H20N2O2. The minimum absolute atomic E-state index is 0.0254. The molecule has 1 unspecified atom stereocenters. The third kappa shape index (κ3) is 2.80. The van der Waals surface area contributed by atoms with Crippen LogP contribution >= 0.6 is 0 Å². The van der Waals surface area contributed by atoms with Gasteiger partial charge in [0.05, 0.1) is 13.2 Å². The molecule has 4 nitrogen and oxygen atoms in total. The summed E-state index contributed by atoms with van der Waals surface area (Å²) in [6.07, 6.45) is 0.604. The summed E-state index contributed by atoms with van der Waals surface area (Å²) in [6.45, 7) is 4.71. The van der Waals surface area contributed by atoms with E-state index in [9.17, 15) is 4.79 Å². The van der Waals surface area contributed by atoms with Gasteiger partial charge in [-0.1, -0.05) is 30.3 Å². The molecule has 19 heavy (non-hydrogen) atoms. The van der Waals surface area contributed by atoms with Gasteiger partial charge in [-0.25, -0.2) is 0 Å². The quantitative estimate of drug-likeness (QED) is 0.863. The number of rotatable bonds is 2. The predicted octanol–water partition coefficient (Wildman–Crippen LogP) is 1.03. The van der Waals surface area contributed by atoms with E-state index in [2.05, 4.69) is 17.4 Å². The summed E-state index contributed by atoms with van der Waals surface area (Å²) in [4.78, 5) is 14.2. The van der Waals surface area contributed by atoms with Gasteiger partial charge in [-0.15, -0.1) is 0 Å². The van der Waals surface area contributed by atoms with Crippen LogP contribution < -0.4 is 5.32 Å². The summed E-state index contributed by atoms with van der Waals surface area (Å²) in [7, 11) is 0. The summed E-state index contributed by atoms with van der Waals surface area (Å²) >= 11 is 0. The van der Waals surface area contributed by atoms with Crippen LogP contribution in [0.4, 0.5) is 0 Å². The molecule has 2 saturated heterocycles. The lowest BCUT2D eigenvalue weighted by Gasteiger charge is -2.26. The van der Waals surface area contributed by atoms with Crippen molar-refractivity contribution in [1.29, 1.82) is 0 Å². The van der Waals surface area contributed by atoms with Gasteiger partial charge >= 0.3 is 0 Å². The lowest BCUT2D eigenvalue weighted by Crippen LogP contribution is -2.38. The number of amides is 1. The molecule has 3 rings (SSSR count). The molecule has 1 N–H and O–H groups in total. The molecule has 1 atom stereocenters. The van der Waals surface area contributed by atoms with Gasteiger partial charge in [0, 0.05) is 38.0 Å². The van der Waals surface area contributed by atoms with Crippen LogP contribution in [0.5, 0.6) is 0 Å². The van der Waals surface area contributed by atoms with Crippen molar-refractivity contribution in [3.63, 3.8) is 0 Å². The minimum Gasteiger partial charge on any atom is -0.379 e. The van der Waals surface area contributed by atoms with E-state index < -0.39 is 0 Å². The van der Waals surface area contributed by atoms with Crippen molar-refractivity contribution in [2.75, 3.05) is 32.8 Å². The van der Waals surface area contributed by atoms with Crippen molar-refractivity contribution in [2.45, 2.75) is 13.0 Å². The van der Waals surface area contributed by atoms with E-state index in [1.165, 1.54) is 5.56 Å². The zero-order chi connectivity index (χ0) is 13.1. The van der Waals surface area contributed by atoms with E-state index in [0.717, 1.165) is 26.2 Å². The summed E-state index contributed by atoms with van der Waals surface area (Å²) in [5, 5.41) is 3.38. The van der Waals surface area contributed by atoms with Crippen LogP contribution in [-0.2, 0) is 16.1 Å². The van der Waals surface area contributed by atoms with Gasteiger partial charge in [-0.05, 0) is 5.56 Å². The van der Waals surface area contributed by atoms with Gasteiger partial charge in [0.1, 0.15) is 0 Å². The maximum atomic E-state index is 12.2. The van der Waals surface area contributed by atoms with E-state index in [4.69, 9.17) is 4.74 Å². The van der Waals surface area contributed by atoms with Crippen LogP contribution in [0.2, 0.25) is 0 Å². The number of nitrogens with one attached hydrogen (secondary N) is 1. The monoisotopic (exact) mass is 260 g/mol. The molecule has 1 spiro atoms. The standard InChI is InChI=1S/C15H20N2O2/c18-14-8-15(10-16-6-7-19-12-15)11-17(14)9-13-4-2-1-3-5-13/h1-5,16H,6-12H2. The first-order valence-corrected chi connectivity index (χ1v) is 6.88. The van der Waals surface area contributed by atoms with Gasteiger partial charge in [-0.3, -0.25) is 4.79 Å². The topological polar surface area (TPSA) is 41.6 Å². The van der Waals surface area contributed by atoms with Crippen LogP contribution in [0, 0.1) is 5.41 Å². The Morgan fingerprint density at radius 3 is 3.00 bits per heavy atom. The fourth-order valence-corrected chi connectivity index (χ4v) is 2.98. The van der Waals surface area contributed by atoms with E-state index >= 15 is 0 Å². The third-order valence-corrected chi connectivity index (χ3v) is 3.95. The zero-order valence-electron chi connectivity index (χ0n) is 11.1. The number of hydrogen-bond acceptors (Lipinski definition) is 3. The van der Waals surface area contributed by atoms with Crippen molar-refractivity contribution >= 4 is 5.91 Å². The molecular weight excluding hydrogens is 240 g/mol. The highest BCUT2D eigenvalue weighted by molar-refractivity contribution is 5.79. The first-order valence-electron chi connectivity index (χ1n) is 6.88. The van der Waals surface area contributed by atoms with Gasteiger partial charge < -0.3 is 15.0 Å². The first kappa shape index (κ1) is 12.6. The second kappa shape index (κ2) is 5.31. The minimum atomic E-state index is -0.0254. The highest BCUT2D eigenvalue weighted by atomic mass is 16.5. The molecule has 0 bridgehead atoms. The molecule has 0 saturated carbocycles. The molecule has 2 aliphatic rings. The molecule has 4 heteroatoms. The summed E-state index contributed by atoms with van der Waals surface area (Å²) < 4.78 is 5.64. The summed E-state index contributed by atoms with van der Waals surface area (Å²) in [5.74, 6) is 0.246. The Morgan fingerprint density at radius 1 is 1.32 bits per heavy atom. The number of benzene rings is 1. The molecule has 2 aliphatic heterocycles. The Kier molecular flexibility index (Phi) is 3.53. The molecule has 2 fully saturated rings. The number of nitrogens with zero attached hydrogens (tertiary/aromatic N) is 1. The zero-order valence-corrected chi connectivity index (χ0v) is 11.1. The van der Waals surface area contributed by atoms with Crippen molar-refractivity contribution in [1.82, 2.24) is 10.2 Å². The van der Waals surface area contributed by atoms with E-state index in [1.807, 2.05) is 23.1 Å². The van der Waals surface area contributed by atoms with Crippen LogP contribution in [0.15, 0.2) is 30.3 Å². The molecule has 1 aromatic carbocycles. The smallest absolute Gasteiger partial charge is 0.223 e. The molecule has 2 heterocycles. The van der Waals surface area contributed by atoms with Gasteiger partial charge in [0.25, 0.3) is 0 Å². The lowest BCUT2D eigenvalue weighted by molar-refractivity contribution is -0.128. The van der Waals surface area contributed by atoms with Crippen LogP contribution in [0.25, 0.3) is 0 Å². The van der Waals surface area contributed by atoms with E-state index in [-0.39, 0.29) is 11.3 Å². The average molecular weight is 260 g/mol. The fraction of sp³-hybridized carbons (Fsp3) is 0.533. The number of carbonyl (C=O) groups is 1.